The van der Waals surface area contributed by atoms with E-state index in [0.717, 1.165) is 29.6 Å². The first kappa shape index (κ1) is 15.2. The van der Waals surface area contributed by atoms with Crippen molar-refractivity contribution in [1.29, 1.82) is 0 Å². The third kappa shape index (κ3) is 3.69. The predicted octanol–water partition coefficient (Wildman–Crippen LogP) is 2.86. The highest BCUT2D eigenvalue weighted by atomic mass is 16.1. The largest absolute Gasteiger partial charge is 0.310 e. The lowest BCUT2D eigenvalue weighted by atomic mass is 9.83. The molecule has 1 fully saturated rings. The predicted molar refractivity (Wildman–Crippen MR) is 81.9 cm³/mol. The van der Waals surface area contributed by atoms with Crippen LogP contribution in [0.2, 0.25) is 0 Å². The highest BCUT2D eigenvalue weighted by Gasteiger charge is 2.20. The standard InChI is InChI=1S/C16H27N3O/c1-10-5-7-14(8-6-10)9-17-11(2)15-12(3)18-13(4)19-16(15)20/h10-11,14,17H,5-9H2,1-4H3,(H,18,19,20). The van der Waals surface area contributed by atoms with E-state index in [1.807, 2.05) is 13.8 Å². The van der Waals surface area contributed by atoms with E-state index >= 15 is 0 Å². The number of aromatic nitrogens is 2. The van der Waals surface area contributed by atoms with Crippen molar-refractivity contribution in [3.8, 4) is 0 Å². The van der Waals surface area contributed by atoms with Gasteiger partial charge in [-0.1, -0.05) is 19.8 Å². The van der Waals surface area contributed by atoms with Crippen LogP contribution < -0.4 is 10.9 Å². The van der Waals surface area contributed by atoms with Gasteiger partial charge in [-0.05, 0) is 52.0 Å². The number of aromatic amines is 1. The first-order chi connectivity index (χ1) is 9.47. The van der Waals surface area contributed by atoms with Gasteiger partial charge in [0.1, 0.15) is 5.82 Å². The fourth-order valence-electron chi connectivity index (χ4n) is 3.22. The van der Waals surface area contributed by atoms with E-state index in [4.69, 9.17) is 0 Å². The quantitative estimate of drug-likeness (QED) is 0.889. The average Bonchev–Trinajstić information content (AvgIpc) is 2.37. The summed E-state index contributed by atoms with van der Waals surface area (Å²) in [6.45, 7) is 9.13. The normalized spacial score (nSPS) is 24.6. The molecule has 1 saturated carbocycles. The summed E-state index contributed by atoms with van der Waals surface area (Å²) < 4.78 is 0. The smallest absolute Gasteiger partial charge is 0.255 e. The molecule has 1 aromatic heterocycles. The first-order valence-corrected chi connectivity index (χ1v) is 7.78. The van der Waals surface area contributed by atoms with Gasteiger partial charge in [-0.2, -0.15) is 0 Å². The number of H-pyrrole nitrogens is 1. The molecule has 0 saturated heterocycles. The van der Waals surface area contributed by atoms with Gasteiger partial charge in [0, 0.05) is 11.7 Å². The Hall–Kier alpha value is -1.16. The van der Waals surface area contributed by atoms with Crippen molar-refractivity contribution < 1.29 is 0 Å². The monoisotopic (exact) mass is 277 g/mol. The van der Waals surface area contributed by atoms with Crippen molar-refractivity contribution in [3.05, 3.63) is 27.4 Å². The molecule has 20 heavy (non-hydrogen) atoms. The Morgan fingerprint density at radius 2 is 1.95 bits per heavy atom. The van der Waals surface area contributed by atoms with Crippen molar-refractivity contribution in [3.63, 3.8) is 0 Å². The van der Waals surface area contributed by atoms with Crippen LogP contribution in [0, 0.1) is 25.7 Å². The van der Waals surface area contributed by atoms with Crippen LogP contribution in [-0.2, 0) is 0 Å². The second-order valence-electron chi connectivity index (χ2n) is 6.41. The molecule has 1 unspecified atom stereocenters. The fraction of sp³-hybridized carbons (Fsp3) is 0.750. The van der Waals surface area contributed by atoms with Gasteiger partial charge in [-0.25, -0.2) is 4.98 Å². The Morgan fingerprint density at radius 3 is 2.55 bits per heavy atom. The average molecular weight is 277 g/mol. The maximum Gasteiger partial charge on any atom is 0.255 e. The summed E-state index contributed by atoms with van der Waals surface area (Å²) in [5.74, 6) is 2.33. The molecule has 0 radical (unpaired) electrons. The molecule has 112 valence electrons. The van der Waals surface area contributed by atoms with E-state index in [2.05, 4.69) is 29.1 Å². The lowest BCUT2D eigenvalue weighted by molar-refractivity contribution is 0.275. The Morgan fingerprint density at radius 1 is 1.30 bits per heavy atom. The summed E-state index contributed by atoms with van der Waals surface area (Å²) in [5, 5.41) is 3.52. The van der Waals surface area contributed by atoms with Gasteiger partial charge in [0.25, 0.3) is 5.56 Å². The number of nitrogens with one attached hydrogen (secondary N) is 2. The van der Waals surface area contributed by atoms with Crippen LogP contribution in [0.3, 0.4) is 0 Å². The van der Waals surface area contributed by atoms with Crippen LogP contribution in [0.1, 0.15) is 62.7 Å². The van der Waals surface area contributed by atoms with Crippen molar-refractivity contribution in [2.45, 2.75) is 59.4 Å². The van der Waals surface area contributed by atoms with Crippen LogP contribution in [0.5, 0.6) is 0 Å². The molecular weight excluding hydrogens is 250 g/mol. The van der Waals surface area contributed by atoms with E-state index in [0.29, 0.717) is 5.82 Å². The zero-order valence-corrected chi connectivity index (χ0v) is 13.1. The van der Waals surface area contributed by atoms with Gasteiger partial charge in [-0.3, -0.25) is 4.79 Å². The third-order valence-electron chi connectivity index (χ3n) is 4.55. The fourth-order valence-corrected chi connectivity index (χ4v) is 3.22. The minimum atomic E-state index is -0.00716. The van der Waals surface area contributed by atoms with E-state index in [1.165, 1.54) is 25.7 Å². The zero-order valence-electron chi connectivity index (χ0n) is 13.1. The molecule has 0 spiro atoms. The Labute approximate surface area is 121 Å². The summed E-state index contributed by atoms with van der Waals surface area (Å²) in [5.41, 5.74) is 1.61. The summed E-state index contributed by atoms with van der Waals surface area (Å²) in [4.78, 5) is 19.2. The van der Waals surface area contributed by atoms with Crippen molar-refractivity contribution in [2.75, 3.05) is 6.54 Å². The molecular formula is C16H27N3O. The second kappa shape index (κ2) is 6.53. The van der Waals surface area contributed by atoms with Crippen LogP contribution in [0.25, 0.3) is 0 Å². The Bertz CT molecular complexity index is 501. The molecule has 2 N–H and O–H groups in total. The lowest BCUT2D eigenvalue weighted by Gasteiger charge is -2.27. The Balaban J connectivity index is 1.95. The van der Waals surface area contributed by atoms with E-state index < -0.39 is 0 Å². The molecule has 1 aliphatic rings. The molecule has 2 rings (SSSR count). The number of nitrogens with zero attached hydrogens (tertiary/aromatic N) is 1. The Kier molecular flexibility index (Phi) is 4.97. The van der Waals surface area contributed by atoms with E-state index in [-0.39, 0.29) is 11.6 Å². The number of aryl methyl sites for hydroxylation is 2. The number of hydrogen-bond acceptors (Lipinski definition) is 3. The highest BCUT2D eigenvalue weighted by molar-refractivity contribution is 5.19. The minimum absolute atomic E-state index is 0.00716. The van der Waals surface area contributed by atoms with Gasteiger partial charge in [0.15, 0.2) is 0 Å². The number of hydrogen-bond donors (Lipinski definition) is 2. The highest BCUT2D eigenvalue weighted by Crippen LogP contribution is 2.28. The molecule has 0 aromatic carbocycles. The molecule has 0 bridgehead atoms. The molecule has 4 heteroatoms. The van der Waals surface area contributed by atoms with Crippen LogP contribution >= 0.6 is 0 Å². The maximum atomic E-state index is 12.1. The van der Waals surface area contributed by atoms with Gasteiger partial charge in [-0.15, -0.1) is 0 Å². The van der Waals surface area contributed by atoms with E-state index in [9.17, 15) is 4.79 Å². The van der Waals surface area contributed by atoms with Gasteiger partial charge in [0.05, 0.1) is 5.56 Å². The van der Waals surface area contributed by atoms with Crippen LogP contribution in [0.15, 0.2) is 4.79 Å². The van der Waals surface area contributed by atoms with Crippen LogP contribution in [0.4, 0.5) is 0 Å². The number of rotatable bonds is 4. The first-order valence-electron chi connectivity index (χ1n) is 7.78. The summed E-state index contributed by atoms with van der Waals surface area (Å²) in [6, 6.07) is 0.0613. The zero-order chi connectivity index (χ0) is 14.7. The minimum Gasteiger partial charge on any atom is -0.310 e. The molecule has 4 nitrogen and oxygen atoms in total. The van der Waals surface area contributed by atoms with Crippen molar-refractivity contribution in [1.82, 2.24) is 15.3 Å². The van der Waals surface area contributed by atoms with Crippen molar-refractivity contribution in [2.24, 2.45) is 11.8 Å². The molecule has 1 aliphatic carbocycles. The van der Waals surface area contributed by atoms with Gasteiger partial charge >= 0.3 is 0 Å². The van der Waals surface area contributed by atoms with Gasteiger partial charge < -0.3 is 10.3 Å². The van der Waals surface area contributed by atoms with Gasteiger partial charge in [0.2, 0.25) is 0 Å². The van der Waals surface area contributed by atoms with E-state index in [1.54, 1.807) is 0 Å². The third-order valence-corrected chi connectivity index (χ3v) is 4.55. The molecule has 0 aliphatic heterocycles. The molecule has 1 atom stereocenters. The molecule has 0 amide bonds. The lowest BCUT2D eigenvalue weighted by Crippen LogP contribution is -2.32. The SMILES string of the molecule is Cc1nc(C)c(C(C)NCC2CCC(C)CC2)c(=O)[nH]1. The molecule has 1 heterocycles. The van der Waals surface area contributed by atoms with Crippen molar-refractivity contribution >= 4 is 0 Å². The summed E-state index contributed by atoms with van der Waals surface area (Å²) >= 11 is 0. The second-order valence-corrected chi connectivity index (χ2v) is 6.41. The molecule has 1 aromatic rings. The summed E-state index contributed by atoms with van der Waals surface area (Å²) in [7, 11) is 0. The maximum absolute atomic E-state index is 12.1. The topological polar surface area (TPSA) is 57.8 Å². The van der Waals surface area contributed by atoms with Crippen LogP contribution in [-0.4, -0.2) is 16.5 Å². The summed E-state index contributed by atoms with van der Waals surface area (Å²) in [6.07, 6.45) is 5.30.